The molecular formula is C18H18Cl3NO2. The number of hydrogen-bond acceptors (Lipinski definition) is 2. The van der Waals surface area contributed by atoms with E-state index >= 15 is 0 Å². The monoisotopic (exact) mass is 385 g/mol. The SMILES string of the molecule is CC[C@@H](Oc1cc(C)ccc1C)C(=O)Nc1cc(Cl)c(Cl)cc1Cl. The molecule has 2 rings (SSSR count). The lowest BCUT2D eigenvalue weighted by Gasteiger charge is -2.19. The van der Waals surface area contributed by atoms with Gasteiger partial charge in [-0.05, 0) is 49.6 Å². The van der Waals surface area contributed by atoms with Gasteiger partial charge in [0.05, 0.1) is 20.8 Å². The van der Waals surface area contributed by atoms with Gasteiger partial charge >= 0.3 is 0 Å². The van der Waals surface area contributed by atoms with Crippen molar-refractivity contribution in [3.05, 3.63) is 56.5 Å². The van der Waals surface area contributed by atoms with Crippen molar-refractivity contribution in [2.45, 2.75) is 33.3 Å². The lowest BCUT2D eigenvalue weighted by Crippen LogP contribution is -2.32. The molecule has 0 aliphatic heterocycles. The van der Waals surface area contributed by atoms with Crippen molar-refractivity contribution in [3.63, 3.8) is 0 Å². The molecule has 0 fully saturated rings. The van der Waals surface area contributed by atoms with Crippen molar-refractivity contribution in [1.82, 2.24) is 0 Å². The predicted molar refractivity (Wildman–Crippen MR) is 101 cm³/mol. The van der Waals surface area contributed by atoms with Crippen molar-refractivity contribution < 1.29 is 9.53 Å². The molecule has 0 aromatic heterocycles. The predicted octanol–water partition coefficient (Wildman–Crippen LogP) is 6.06. The second kappa shape index (κ2) is 8.11. The summed E-state index contributed by atoms with van der Waals surface area (Å²) in [6.45, 7) is 5.80. The van der Waals surface area contributed by atoms with Crippen LogP contribution in [0.1, 0.15) is 24.5 Å². The first-order valence-electron chi connectivity index (χ1n) is 7.51. The number of aryl methyl sites for hydroxylation is 2. The van der Waals surface area contributed by atoms with Gasteiger partial charge in [0.15, 0.2) is 6.10 Å². The molecule has 0 spiro atoms. The number of nitrogens with one attached hydrogen (secondary N) is 1. The number of carbonyl (C=O) groups is 1. The summed E-state index contributed by atoms with van der Waals surface area (Å²) < 4.78 is 5.89. The summed E-state index contributed by atoms with van der Waals surface area (Å²) in [4.78, 5) is 12.5. The van der Waals surface area contributed by atoms with Gasteiger partial charge in [-0.3, -0.25) is 4.79 Å². The molecule has 2 aromatic rings. The fourth-order valence-electron chi connectivity index (χ4n) is 2.14. The number of amides is 1. The minimum Gasteiger partial charge on any atom is -0.480 e. The van der Waals surface area contributed by atoms with E-state index in [1.54, 1.807) is 0 Å². The van der Waals surface area contributed by atoms with Crippen LogP contribution in [0.15, 0.2) is 30.3 Å². The molecule has 1 amide bonds. The summed E-state index contributed by atoms with van der Waals surface area (Å²) in [5.41, 5.74) is 2.44. The topological polar surface area (TPSA) is 38.3 Å². The van der Waals surface area contributed by atoms with Gasteiger partial charge in [0.25, 0.3) is 5.91 Å². The molecule has 6 heteroatoms. The van der Waals surface area contributed by atoms with Gasteiger partial charge in [0, 0.05) is 0 Å². The lowest BCUT2D eigenvalue weighted by molar-refractivity contribution is -0.122. The minimum atomic E-state index is -0.643. The number of halogens is 3. The van der Waals surface area contributed by atoms with Crippen LogP contribution < -0.4 is 10.1 Å². The van der Waals surface area contributed by atoms with E-state index in [9.17, 15) is 4.79 Å². The zero-order valence-corrected chi connectivity index (χ0v) is 15.9. The Morgan fingerprint density at radius 2 is 1.75 bits per heavy atom. The van der Waals surface area contributed by atoms with Crippen LogP contribution in [0.25, 0.3) is 0 Å². The molecule has 0 bridgehead atoms. The molecule has 0 aliphatic carbocycles. The molecule has 1 N–H and O–H groups in total. The van der Waals surface area contributed by atoms with Crippen LogP contribution >= 0.6 is 34.8 Å². The Morgan fingerprint density at radius 3 is 2.42 bits per heavy atom. The minimum absolute atomic E-state index is 0.293. The number of hydrogen-bond donors (Lipinski definition) is 1. The van der Waals surface area contributed by atoms with Crippen LogP contribution in [-0.2, 0) is 4.79 Å². The molecule has 0 radical (unpaired) electrons. The molecule has 0 heterocycles. The summed E-state index contributed by atoms with van der Waals surface area (Å²) in [5.74, 6) is 0.399. The fourth-order valence-corrected chi connectivity index (χ4v) is 2.74. The van der Waals surface area contributed by atoms with Gasteiger partial charge in [-0.15, -0.1) is 0 Å². The molecule has 1 atom stereocenters. The maximum atomic E-state index is 12.5. The van der Waals surface area contributed by atoms with Crippen molar-refractivity contribution in [3.8, 4) is 5.75 Å². The normalized spacial score (nSPS) is 11.9. The Morgan fingerprint density at radius 1 is 1.08 bits per heavy atom. The highest BCUT2D eigenvalue weighted by atomic mass is 35.5. The van der Waals surface area contributed by atoms with E-state index in [0.717, 1.165) is 11.1 Å². The first-order valence-corrected chi connectivity index (χ1v) is 8.64. The third kappa shape index (κ3) is 4.56. The first kappa shape index (κ1) is 18.9. The van der Waals surface area contributed by atoms with E-state index in [4.69, 9.17) is 39.5 Å². The summed E-state index contributed by atoms with van der Waals surface area (Å²) in [6, 6.07) is 8.89. The number of ether oxygens (including phenoxy) is 1. The Balaban J connectivity index is 2.17. The molecular weight excluding hydrogens is 369 g/mol. The van der Waals surface area contributed by atoms with Crippen LogP contribution in [0.5, 0.6) is 5.75 Å². The van der Waals surface area contributed by atoms with Crippen LogP contribution in [0.2, 0.25) is 15.1 Å². The Labute approximate surface area is 156 Å². The molecule has 2 aromatic carbocycles. The summed E-state index contributed by atoms with van der Waals surface area (Å²) >= 11 is 18.0. The number of anilines is 1. The zero-order chi connectivity index (χ0) is 17.9. The number of benzene rings is 2. The van der Waals surface area contributed by atoms with Gasteiger partial charge in [0.1, 0.15) is 5.75 Å². The second-order valence-corrected chi connectivity index (χ2v) is 6.74. The highest BCUT2D eigenvalue weighted by Gasteiger charge is 2.21. The van der Waals surface area contributed by atoms with E-state index in [1.165, 1.54) is 12.1 Å². The molecule has 24 heavy (non-hydrogen) atoms. The molecule has 0 unspecified atom stereocenters. The molecule has 3 nitrogen and oxygen atoms in total. The lowest BCUT2D eigenvalue weighted by atomic mass is 10.1. The highest BCUT2D eigenvalue weighted by molar-refractivity contribution is 6.44. The molecule has 0 saturated heterocycles. The van der Waals surface area contributed by atoms with Gasteiger partial charge in [0.2, 0.25) is 0 Å². The van der Waals surface area contributed by atoms with Crippen LogP contribution in [0, 0.1) is 13.8 Å². The van der Waals surface area contributed by atoms with Gasteiger partial charge in [-0.2, -0.15) is 0 Å². The third-order valence-corrected chi connectivity index (χ3v) is 4.58. The van der Waals surface area contributed by atoms with Gasteiger partial charge < -0.3 is 10.1 Å². The largest absolute Gasteiger partial charge is 0.480 e. The van der Waals surface area contributed by atoms with E-state index in [1.807, 2.05) is 39.0 Å². The standard InChI is InChI=1S/C18H18Cl3NO2/c1-4-16(24-17-7-10(2)5-6-11(17)3)18(23)22-15-9-13(20)12(19)8-14(15)21/h5-9,16H,4H2,1-3H3,(H,22,23)/t16-/m1/s1. The Hall–Kier alpha value is -1.42. The van der Waals surface area contributed by atoms with Crippen molar-refractivity contribution >= 4 is 46.4 Å². The quantitative estimate of drug-likeness (QED) is 0.634. The van der Waals surface area contributed by atoms with Crippen molar-refractivity contribution in [2.24, 2.45) is 0 Å². The average Bonchev–Trinajstić information content (AvgIpc) is 2.53. The van der Waals surface area contributed by atoms with Crippen molar-refractivity contribution in [1.29, 1.82) is 0 Å². The third-order valence-electron chi connectivity index (χ3n) is 3.54. The first-order chi connectivity index (χ1) is 11.3. The van der Waals surface area contributed by atoms with Crippen LogP contribution in [0.3, 0.4) is 0 Å². The smallest absolute Gasteiger partial charge is 0.265 e. The maximum Gasteiger partial charge on any atom is 0.265 e. The number of carbonyl (C=O) groups excluding carboxylic acids is 1. The summed E-state index contributed by atoms with van der Waals surface area (Å²) in [7, 11) is 0. The van der Waals surface area contributed by atoms with Gasteiger partial charge in [-0.25, -0.2) is 0 Å². The molecule has 0 saturated carbocycles. The van der Waals surface area contributed by atoms with E-state index < -0.39 is 6.10 Å². The second-order valence-electron chi connectivity index (χ2n) is 5.52. The average molecular weight is 387 g/mol. The van der Waals surface area contributed by atoms with E-state index in [0.29, 0.717) is 32.9 Å². The van der Waals surface area contributed by atoms with Gasteiger partial charge in [-0.1, -0.05) is 53.9 Å². The van der Waals surface area contributed by atoms with E-state index in [-0.39, 0.29) is 5.91 Å². The summed E-state index contributed by atoms with van der Waals surface area (Å²) in [6.07, 6.45) is -0.131. The molecule has 0 aliphatic rings. The Kier molecular flexibility index (Phi) is 6.39. The number of rotatable bonds is 5. The highest BCUT2D eigenvalue weighted by Crippen LogP contribution is 2.32. The van der Waals surface area contributed by atoms with Crippen LogP contribution in [0.4, 0.5) is 5.69 Å². The van der Waals surface area contributed by atoms with Crippen molar-refractivity contribution in [2.75, 3.05) is 5.32 Å². The van der Waals surface area contributed by atoms with E-state index in [2.05, 4.69) is 5.32 Å². The van der Waals surface area contributed by atoms with Crippen LogP contribution in [-0.4, -0.2) is 12.0 Å². The maximum absolute atomic E-state index is 12.5. The fraction of sp³-hybridized carbons (Fsp3) is 0.278. The Bertz CT molecular complexity index is 762. The molecule has 128 valence electrons. The summed E-state index contributed by atoms with van der Waals surface area (Å²) in [5, 5.41) is 3.71. The zero-order valence-electron chi connectivity index (χ0n) is 13.6.